The van der Waals surface area contributed by atoms with Gasteiger partial charge in [0.15, 0.2) is 0 Å². The van der Waals surface area contributed by atoms with Gasteiger partial charge in [0.05, 0.1) is 11.5 Å². The molecule has 25 heavy (non-hydrogen) atoms. The Morgan fingerprint density at radius 2 is 2.20 bits per heavy atom. The molecule has 2 heterocycles. The van der Waals surface area contributed by atoms with Gasteiger partial charge in [0.1, 0.15) is 5.82 Å². The summed E-state index contributed by atoms with van der Waals surface area (Å²) >= 11 is 0. The molecule has 1 aromatic heterocycles. The Kier molecular flexibility index (Phi) is 3.91. The summed E-state index contributed by atoms with van der Waals surface area (Å²) in [7, 11) is 0. The molecule has 2 fully saturated rings. The number of halogens is 1. The number of amides is 2. The number of urea groups is 1. The molecule has 1 N–H and O–H groups in total. The molecule has 7 nitrogen and oxygen atoms in total. The molecule has 0 radical (unpaired) electrons. The number of nitrogens with one attached hydrogen (secondary N) is 1. The second kappa shape index (κ2) is 6.11. The first-order chi connectivity index (χ1) is 12.0. The summed E-state index contributed by atoms with van der Waals surface area (Å²) in [6, 6.07) is 5.75. The number of carbonyl (C=O) groups excluding carboxylic acids is 1. The van der Waals surface area contributed by atoms with Crippen LogP contribution in [0, 0.1) is 5.82 Å². The molecule has 0 bridgehead atoms. The van der Waals surface area contributed by atoms with E-state index in [0.29, 0.717) is 24.5 Å². The lowest BCUT2D eigenvalue weighted by Crippen LogP contribution is -2.62. The molecule has 2 aromatic rings. The van der Waals surface area contributed by atoms with E-state index in [-0.39, 0.29) is 23.8 Å². The molecule has 2 aliphatic rings. The third kappa shape index (κ3) is 3.09. The van der Waals surface area contributed by atoms with Gasteiger partial charge in [0.25, 0.3) is 0 Å². The fourth-order valence-corrected chi connectivity index (χ4v) is 2.97. The van der Waals surface area contributed by atoms with Gasteiger partial charge in [0.2, 0.25) is 11.8 Å². The summed E-state index contributed by atoms with van der Waals surface area (Å²) in [5, 5.41) is 8.07. The van der Waals surface area contributed by atoms with Crippen LogP contribution in [0.25, 0.3) is 11.5 Å². The molecule has 0 spiro atoms. The van der Waals surface area contributed by atoms with Crippen molar-refractivity contribution in [2.24, 2.45) is 0 Å². The maximum atomic E-state index is 13.3. The molecule has 1 aliphatic carbocycles. The number of hydrogen-bond acceptors (Lipinski definition) is 5. The molecule has 0 unspecified atom stereocenters. The van der Waals surface area contributed by atoms with Crippen LogP contribution in [-0.4, -0.2) is 40.3 Å². The van der Waals surface area contributed by atoms with Gasteiger partial charge in [-0.25, -0.2) is 14.7 Å². The number of nitrogens with zero attached hydrogens (tertiary/aromatic N) is 3. The van der Waals surface area contributed by atoms with Crippen LogP contribution in [0.5, 0.6) is 0 Å². The Balaban J connectivity index is 1.37. The van der Waals surface area contributed by atoms with Crippen LogP contribution in [0.2, 0.25) is 0 Å². The van der Waals surface area contributed by atoms with Crippen molar-refractivity contribution in [1.29, 1.82) is 0 Å². The maximum Gasteiger partial charge on any atom is 0.341 e. The minimum Gasteiger partial charge on any atom is -0.420 e. The number of rotatable bonds is 4. The van der Waals surface area contributed by atoms with E-state index in [4.69, 9.17) is 9.25 Å². The Morgan fingerprint density at radius 3 is 2.88 bits per heavy atom. The van der Waals surface area contributed by atoms with Crippen molar-refractivity contribution in [3.8, 4) is 11.5 Å². The summed E-state index contributed by atoms with van der Waals surface area (Å²) in [5.74, 6) is 0.351. The maximum absolute atomic E-state index is 13.3. The lowest BCUT2D eigenvalue weighted by molar-refractivity contribution is -0.0567. The third-order valence-electron chi connectivity index (χ3n) is 4.74. The smallest absolute Gasteiger partial charge is 0.341 e. The zero-order chi connectivity index (χ0) is 17.4. The van der Waals surface area contributed by atoms with Gasteiger partial charge >= 0.3 is 6.03 Å². The molecule has 2 amide bonds. The zero-order valence-electron chi connectivity index (χ0n) is 13.9. The predicted octanol–water partition coefficient (Wildman–Crippen LogP) is 2.64. The van der Waals surface area contributed by atoms with Crippen LogP contribution >= 0.6 is 0 Å². The summed E-state index contributed by atoms with van der Waals surface area (Å²) in [4.78, 5) is 19.0. The molecule has 1 aromatic carbocycles. The molecular formula is C17H19FN4O3. The number of carbonyl (C=O) groups is 1. The Hall–Kier alpha value is -2.48. The fourth-order valence-electron chi connectivity index (χ4n) is 2.97. The van der Waals surface area contributed by atoms with E-state index in [0.717, 1.165) is 19.3 Å². The van der Waals surface area contributed by atoms with Crippen molar-refractivity contribution in [2.45, 2.75) is 37.7 Å². The molecule has 8 heteroatoms. The highest BCUT2D eigenvalue weighted by molar-refractivity contribution is 5.74. The standard InChI is InChI=1S/C17H19FN4O3/c1-17(9-22(10-17)16(23)21-25-13-6-3-7-13)15-20-19-14(24-15)11-4-2-5-12(18)8-11/h2,4-5,8,13H,3,6-7,9-10H2,1H3,(H,21,23). The van der Waals surface area contributed by atoms with Gasteiger partial charge in [0, 0.05) is 18.7 Å². The van der Waals surface area contributed by atoms with Crippen molar-refractivity contribution in [3.63, 3.8) is 0 Å². The van der Waals surface area contributed by atoms with Crippen molar-refractivity contribution in [3.05, 3.63) is 36.0 Å². The fraction of sp³-hybridized carbons (Fsp3) is 0.471. The second-order valence-electron chi connectivity index (χ2n) is 6.92. The minimum atomic E-state index is -0.410. The van der Waals surface area contributed by atoms with Gasteiger partial charge in [-0.1, -0.05) is 6.07 Å². The molecular weight excluding hydrogens is 327 g/mol. The molecule has 4 rings (SSSR count). The van der Waals surface area contributed by atoms with E-state index in [9.17, 15) is 9.18 Å². The van der Waals surface area contributed by atoms with Crippen molar-refractivity contribution in [1.82, 2.24) is 20.6 Å². The number of hydrogen-bond donors (Lipinski definition) is 1. The molecule has 132 valence electrons. The quantitative estimate of drug-likeness (QED) is 0.861. The minimum absolute atomic E-state index is 0.140. The number of benzene rings is 1. The summed E-state index contributed by atoms with van der Waals surface area (Å²) in [6.45, 7) is 2.86. The van der Waals surface area contributed by atoms with Crippen LogP contribution in [0.1, 0.15) is 32.1 Å². The van der Waals surface area contributed by atoms with Crippen LogP contribution in [0.3, 0.4) is 0 Å². The van der Waals surface area contributed by atoms with Crippen LogP contribution in [-0.2, 0) is 10.3 Å². The van der Waals surface area contributed by atoms with Gasteiger partial charge < -0.3 is 9.32 Å². The largest absolute Gasteiger partial charge is 0.420 e. The van der Waals surface area contributed by atoms with Crippen molar-refractivity contribution in [2.75, 3.05) is 13.1 Å². The lowest BCUT2D eigenvalue weighted by atomic mass is 9.82. The first-order valence-corrected chi connectivity index (χ1v) is 8.34. The Labute approximate surface area is 144 Å². The number of hydroxylamine groups is 1. The van der Waals surface area contributed by atoms with Crippen LogP contribution in [0.15, 0.2) is 28.7 Å². The van der Waals surface area contributed by atoms with E-state index in [1.165, 1.54) is 12.1 Å². The average Bonchev–Trinajstić information content (AvgIpc) is 3.00. The molecule has 0 atom stereocenters. The highest BCUT2D eigenvalue weighted by atomic mass is 19.1. The molecule has 1 aliphatic heterocycles. The van der Waals surface area contributed by atoms with Crippen molar-refractivity contribution >= 4 is 6.03 Å². The normalized spacial score (nSPS) is 19.2. The monoisotopic (exact) mass is 346 g/mol. The Morgan fingerprint density at radius 1 is 1.40 bits per heavy atom. The highest BCUT2D eigenvalue weighted by Crippen LogP contribution is 2.34. The molecule has 1 saturated carbocycles. The zero-order valence-corrected chi connectivity index (χ0v) is 13.9. The van der Waals surface area contributed by atoms with Crippen LogP contribution < -0.4 is 5.48 Å². The van der Waals surface area contributed by atoms with Gasteiger partial charge in [-0.3, -0.25) is 4.84 Å². The number of likely N-dealkylation sites (tertiary alicyclic amines) is 1. The first-order valence-electron chi connectivity index (χ1n) is 8.34. The topological polar surface area (TPSA) is 80.5 Å². The summed E-state index contributed by atoms with van der Waals surface area (Å²) in [5.41, 5.74) is 2.61. The predicted molar refractivity (Wildman–Crippen MR) is 85.9 cm³/mol. The second-order valence-corrected chi connectivity index (χ2v) is 6.92. The van der Waals surface area contributed by atoms with Crippen LogP contribution in [0.4, 0.5) is 9.18 Å². The van der Waals surface area contributed by atoms with Gasteiger partial charge in [-0.15, -0.1) is 10.2 Å². The first kappa shape index (κ1) is 16.0. The molecule has 1 saturated heterocycles. The van der Waals surface area contributed by atoms with Gasteiger partial charge in [-0.05, 0) is 44.4 Å². The highest BCUT2D eigenvalue weighted by Gasteiger charge is 2.47. The van der Waals surface area contributed by atoms with E-state index in [1.807, 2.05) is 6.92 Å². The van der Waals surface area contributed by atoms with Crippen molar-refractivity contribution < 1.29 is 18.4 Å². The lowest BCUT2D eigenvalue weighted by Gasteiger charge is -2.45. The Bertz CT molecular complexity index is 784. The SMILES string of the molecule is CC1(c2nnc(-c3cccc(F)c3)o2)CN(C(=O)NOC2CCC2)C1. The third-order valence-corrected chi connectivity index (χ3v) is 4.74. The van der Waals surface area contributed by atoms with E-state index in [2.05, 4.69) is 15.7 Å². The summed E-state index contributed by atoms with van der Waals surface area (Å²) < 4.78 is 19.0. The number of aromatic nitrogens is 2. The van der Waals surface area contributed by atoms with E-state index >= 15 is 0 Å². The average molecular weight is 346 g/mol. The van der Waals surface area contributed by atoms with E-state index in [1.54, 1.807) is 17.0 Å². The van der Waals surface area contributed by atoms with E-state index < -0.39 is 5.41 Å². The summed E-state index contributed by atoms with van der Waals surface area (Å²) in [6.07, 6.45) is 3.26. The van der Waals surface area contributed by atoms with Gasteiger partial charge in [-0.2, -0.15) is 0 Å².